The molecule has 2 heterocycles. The van der Waals surface area contributed by atoms with Gasteiger partial charge in [0.15, 0.2) is 5.82 Å². The second-order valence-electron chi connectivity index (χ2n) is 6.55. The fourth-order valence-corrected chi connectivity index (χ4v) is 3.28. The van der Waals surface area contributed by atoms with Gasteiger partial charge in [-0.15, -0.1) is 0 Å². The van der Waals surface area contributed by atoms with Crippen LogP contribution in [-0.4, -0.2) is 40.6 Å². The molecule has 0 spiro atoms. The summed E-state index contributed by atoms with van der Waals surface area (Å²) < 4.78 is 18.4. The lowest BCUT2D eigenvalue weighted by Crippen LogP contribution is -2.43. The molecule has 1 aliphatic heterocycles. The molecule has 1 N–H and O–H groups in total. The lowest BCUT2D eigenvalue weighted by atomic mass is 10.0. The number of likely N-dealkylation sites (tertiary alicyclic amines) is 1. The molecule has 1 atom stereocenters. The topological polar surface area (TPSA) is 71.3 Å². The maximum atomic E-state index is 13.3. The Morgan fingerprint density at radius 2 is 2.00 bits per heavy atom. The zero-order valence-electron chi connectivity index (χ0n) is 15.1. The van der Waals surface area contributed by atoms with Crippen LogP contribution in [0.3, 0.4) is 0 Å². The summed E-state index contributed by atoms with van der Waals surface area (Å²) in [5.41, 5.74) is 0.818. The molecule has 2 aromatic rings. The number of hydrogen-bond acceptors (Lipinski definition) is 5. The molecule has 3 rings (SSSR count). The monoisotopic (exact) mass is 360 g/mol. The summed E-state index contributed by atoms with van der Waals surface area (Å²) >= 11 is 0. The van der Waals surface area contributed by atoms with Gasteiger partial charge in [0.2, 0.25) is 11.8 Å². The van der Waals surface area contributed by atoms with Gasteiger partial charge in [0.1, 0.15) is 11.9 Å². The number of aryl methyl sites for hydroxylation is 1. The van der Waals surface area contributed by atoms with Crippen molar-refractivity contribution in [2.24, 2.45) is 0 Å². The number of aromatic nitrogens is 2. The third kappa shape index (κ3) is 4.66. The van der Waals surface area contributed by atoms with Gasteiger partial charge in [-0.05, 0) is 43.6 Å². The minimum atomic E-state index is -0.396. The molecule has 0 radical (unpaired) electrons. The van der Waals surface area contributed by atoms with E-state index in [9.17, 15) is 9.18 Å². The van der Waals surface area contributed by atoms with Gasteiger partial charge >= 0.3 is 0 Å². The van der Waals surface area contributed by atoms with E-state index in [4.69, 9.17) is 4.52 Å². The Kier molecular flexibility index (Phi) is 6.33. The van der Waals surface area contributed by atoms with E-state index in [1.807, 2.05) is 6.92 Å². The Morgan fingerprint density at radius 3 is 2.65 bits per heavy atom. The first-order chi connectivity index (χ1) is 12.7. The van der Waals surface area contributed by atoms with Gasteiger partial charge in [0.25, 0.3) is 0 Å². The largest absolute Gasteiger partial charge is 0.354 e. The predicted molar refractivity (Wildman–Crippen MR) is 95.0 cm³/mol. The molecule has 26 heavy (non-hydrogen) atoms. The van der Waals surface area contributed by atoms with E-state index in [1.165, 1.54) is 18.6 Å². The Hall–Kier alpha value is -2.28. The van der Waals surface area contributed by atoms with Crippen LogP contribution in [0.15, 0.2) is 28.8 Å². The molecule has 1 saturated heterocycles. The zero-order valence-corrected chi connectivity index (χ0v) is 15.1. The quantitative estimate of drug-likeness (QED) is 0.822. The predicted octanol–water partition coefficient (Wildman–Crippen LogP) is 2.66. The average Bonchev–Trinajstić information content (AvgIpc) is 3.12. The number of rotatable bonds is 7. The third-order valence-corrected chi connectivity index (χ3v) is 4.65. The van der Waals surface area contributed by atoms with Crippen molar-refractivity contribution in [1.29, 1.82) is 0 Å². The highest BCUT2D eigenvalue weighted by Gasteiger charge is 2.28. The number of piperidine rings is 1. The van der Waals surface area contributed by atoms with Crippen LogP contribution in [0.25, 0.3) is 0 Å². The smallest absolute Gasteiger partial charge is 0.241 e. The van der Waals surface area contributed by atoms with Crippen LogP contribution >= 0.6 is 0 Å². The molecule has 0 saturated carbocycles. The number of carbonyl (C=O) groups excluding carboxylic acids is 1. The third-order valence-electron chi connectivity index (χ3n) is 4.65. The summed E-state index contributed by atoms with van der Waals surface area (Å²) in [6.07, 6.45) is 4.56. The molecular weight excluding hydrogens is 335 g/mol. The zero-order chi connectivity index (χ0) is 18.4. The number of nitrogens with one attached hydrogen (secondary N) is 1. The Balaban J connectivity index is 1.64. The molecule has 6 nitrogen and oxygen atoms in total. The van der Waals surface area contributed by atoms with Crippen molar-refractivity contribution < 1.29 is 13.7 Å². The van der Waals surface area contributed by atoms with Crippen molar-refractivity contribution >= 4 is 5.91 Å². The van der Waals surface area contributed by atoms with Gasteiger partial charge in [0, 0.05) is 19.4 Å². The van der Waals surface area contributed by atoms with Crippen LogP contribution in [0.5, 0.6) is 0 Å². The van der Waals surface area contributed by atoms with E-state index in [2.05, 4.69) is 20.4 Å². The van der Waals surface area contributed by atoms with Crippen LogP contribution in [0.4, 0.5) is 4.39 Å². The van der Waals surface area contributed by atoms with Crippen molar-refractivity contribution in [3.8, 4) is 0 Å². The maximum Gasteiger partial charge on any atom is 0.241 e. The van der Waals surface area contributed by atoms with Crippen LogP contribution in [0.1, 0.15) is 49.5 Å². The summed E-state index contributed by atoms with van der Waals surface area (Å²) in [6.45, 7) is 4.14. The molecule has 1 fully saturated rings. The van der Waals surface area contributed by atoms with Gasteiger partial charge < -0.3 is 9.84 Å². The van der Waals surface area contributed by atoms with Crippen LogP contribution < -0.4 is 5.32 Å². The summed E-state index contributed by atoms with van der Waals surface area (Å²) in [5.74, 6) is 0.829. The van der Waals surface area contributed by atoms with Crippen LogP contribution in [0, 0.1) is 5.82 Å². The number of carbonyl (C=O) groups is 1. The van der Waals surface area contributed by atoms with E-state index >= 15 is 0 Å². The molecule has 0 aliphatic carbocycles. The lowest BCUT2D eigenvalue weighted by Gasteiger charge is -2.33. The Bertz CT molecular complexity index is 711. The first-order valence-electron chi connectivity index (χ1n) is 9.26. The number of nitrogens with zero attached hydrogens (tertiary/aromatic N) is 3. The molecule has 0 bridgehead atoms. The second-order valence-corrected chi connectivity index (χ2v) is 6.55. The van der Waals surface area contributed by atoms with E-state index in [0.717, 1.165) is 31.5 Å². The highest BCUT2D eigenvalue weighted by Crippen LogP contribution is 2.25. The normalized spacial score (nSPS) is 16.4. The molecule has 140 valence electrons. The molecule has 7 heteroatoms. The summed E-state index contributed by atoms with van der Waals surface area (Å²) in [6, 6.07) is 5.81. The van der Waals surface area contributed by atoms with Crippen molar-refractivity contribution in [3.05, 3.63) is 47.4 Å². The van der Waals surface area contributed by atoms with Crippen molar-refractivity contribution in [2.45, 2.75) is 45.1 Å². The Labute approximate surface area is 152 Å². The van der Waals surface area contributed by atoms with E-state index in [0.29, 0.717) is 31.1 Å². The molecule has 1 aromatic carbocycles. The van der Waals surface area contributed by atoms with Crippen molar-refractivity contribution in [2.75, 3.05) is 19.6 Å². The van der Waals surface area contributed by atoms with Crippen molar-refractivity contribution in [1.82, 2.24) is 20.4 Å². The van der Waals surface area contributed by atoms with Crippen molar-refractivity contribution in [3.63, 3.8) is 0 Å². The SMILES string of the molecule is CCc1nc(CCNC(=O)[C@H](c2ccc(F)cc2)N2CCCCC2)no1. The lowest BCUT2D eigenvalue weighted by molar-refractivity contribution is -0.127. The molecule has 1 aliphatic rings. The minimum absolute atomic E-state index is 0.0716. The van der Waals surface area contributed by atoms with Gasteiger partial charge in [-0.25, -0.2) is 4.39 Å². The number of halogens is 1. The number of amides is 1. The first-order valence-corrected chi connectivity index (χ1v) is 9.26. The standard InChI is InChI=1S/C19H25FN4O2/c1-2-17-22-16(23-26-17)10-11-21-19(25)18(24-12-4-3-5-13-24)14-6-8-15(20)9-7-14/h6-9,18H,2-5,10-13H2,1H3,(H,21,25)/t18-/m0/s1. The number of hydrogen-bond donors (Lipinski definition) is 1. The maximum absolute atomic E-state index is 13.3. The minimum Gasteiger partial charge on any atom is -0.354 e. The van der Waals surface area contributed by atoms with Gasteiger partial charge in [-0.2, -0.15) is 4.98 Å². The van der Waals surface area contributed by atoms with Gasteiger partial charge in [-0.1, -0.05) is 30.6 Å². The Morgan fingerprint density at radius 1 is 1.27 bits per heavy atom. The van der Waals surface area contributed by atoms with Gasteiger partial charge in [0.05, 0.1) is 0 Å². The molecule has 1 aromatic heterocycles. The molecule has 1 amide bonds. The van der Waals surface area contributed by atoms with E-state index in [-0.39, 0.29) is 11.7 Å². The van der Waals surface area contributed by atoms with Gasteiger partial charge in [-0.3, -0.25) is 9.69 Å². The highest BCUT2D eigenvalue weighted by molar-refractivity contribution is 5.83. The summed E-state index contributed by atoms with van der Waals surface area (Å²) in [7, 11) is 0. The fraction of sp³-hybridized carbons (Fsp3) is 0.526. The van der Waals surface area contributed by atoms with E-state index < -0.39 is 6.04 Å². The molecule has 0 unspecified atom stereocenters. The molecular formula is C19H25FN4O2. The number of benzene rings is 1. The van der Waals surface area contributed by atoms with Crippen LogP contribution in [-0.2, 0) is 17.6 Å². The fourth-order valence-electron chi connectivity index (χ4n) is 3.28. The summed E-state index contributed by atoms with van der Waals surface area (Å²) in [5, 5.41) is 6.87. The average molecular weight is 360 g/mol. The first kappa shape index (κ1) is 18.5. The van der Waals surface area contributed by atoms with Crippen LogP contribution in [0.2, 0.25) is 0 Å². The summed E-state index contributed by atoms with van der Waals surface area (Å²) in [4.78, 5) is 19.3. The van der Waals surface area contributed by atoms with E-state index in [1.54, 1.807) is 12.1 Å². The second kappa shape index (κ2) is 8.89. The highest BCUT2D eigenvalue weighted by atomic mass is 19.1.